The molecular formula is C13H11BrFNO2S. The highest BCUT2D eigenvalue weighted by molar-refractivity contribution is 9.10. The van der Waals surface area contributed by atoms with Crippen LogP contribution in [-0.2, 0) is 16.0 Å². The van der Waals surface area contributed by atoms with Crippen LogP contribution in [0.25, 0.3) is 10.6 Å². The van der Waals surface area contributed by atoms with Gasteiger partial charge in [-0.05, 0) is 18.2 Å². The number of benzene rings is 1. The third kappa shape index (κ3) is 3.84. The zero-order chi connectivity index (χ0) is 13.8. The van der Waals surface area contributed by atoms with E-state index < -0.39 is 0 Å². The van der Waals surface area contributed by atoms with Crippen LogP contribution in [0.15, 0.2) is 28.1 Å². The monoisotopic (exact) mass is 343 g/mol. The van der Waals surface area contributed by atoms with Crippen molar-refractivity contribution in [2.24, 2.45) is 0 Å². The summed E-state index contributed by atoms with van der Waals surface area (Å²) in [7, 11) is 1.36. The molecule has 0 spiro atoms. The molecule has 0 fully saturated rings. The Morgan fingerprint density at radius 3 is 2.95 bits per heavy atom. The molecule has 19 heavy (non-hydrogen) atoms. The van der Waals surface area contributed by atoms with E-state index >= 15 is 0 Å². The molecule has 1 heterocycles. The van der Waals surface area contributed by atoms with Crippen molar-refractivity contribution in [1.29, 1.82) is 0 Å². The predicted octanol–water partition coefficient (Wildman–Crippen LogP) is 3.82. The van der Waals surface area contributed by atoms with Crippen molar-refractivity contribution < 1.29 is 13.9 Å². The fourth-order valence-corrected chi connectivity index (χ4v) is 2.87. The lowest BCUT2D eigenvalue weighted by Gasteiger charge is -1.99. The van der Waals surface area contributed by atoms with Crippen molar-refractivity contribution in [3.05, 3.63) is 39.6 Å². The highest BCUT2D eigenvalue weighted by Gasteiger charge is 2.09. The zero-order valence-electron chi connectivity index (χ0n) is 10.2. The minimum atomic E-state index is -0.310. The van der Waals surface area contributed by atoms with E-state index in [0.29, 0.717) is 17.3 Å². The molecule has 0 aliphatic rings. The lowest BCUT2D eigenvalue weighted by molar-refractivity contribution is -0.140. The maximum absolute atomic E-state index is 13.3. The third-order valence-electron chi connectivity index (χ3n) is 2.47. The Balaban J connectivity index is 2.14. The van der Waals surface area contributed by atoms with Gasteiger partial charge in [-0.2, -0.15) is 0 Å². The van der Waals surface area contributed by atoms with Gasteiger partial charge < -0.3 is 4.74 Å². The summed E-state index contributed by atoms with van der Waals surface area (Å²) in [4.78, 5) is 15.4. The smallest absolute Gasteiger partial charge is 0.305 e. The van der Waals surface area contributed by atoms with Crippen LogP contribution in [-0.4, -0.2) is 18.1 Å². The average Bonchev–Trinajstić information content (AvgIpc) is 2.83. The van der Waals surface area contributed by atoms with E-state index in [9.17, 15) is 9.18 Å². The topological polar surface area (TPSA) is 39.2 Å². The number of aryl methyl sites for hydroxylation is 1. The molecule has 1 aromatic heterocycles. The number of esters is 1. The molecule has 3 nitrogen and oxygen atoms in total. The standard InChI is InChI=1S/C13H11BrFNO2S/c1-18-12(17)3-2-11-7-19-13(16-11)8-4-9(14)6-10(15)5-8/h4-7H,2-3H2,1H3. The minimum absolute atomic E-state index is 0.261. The van der Waals surface area contributed by atoms with Crippen molar-refractivity contribution in [2.45, 2.75) is 12.8 Å². The van der Waals surface area contributed by atoms with Gasteiger partial charge in [0.25, 0.3) is 0 Å². The summed E-state index contributed by atoms with van der Waals surface area (Å²) in [5.41, 5.74) is 1.53. The number of carbonyl (C=O) groups is 1. The molecule has 0 saturated carbocycles. The molecule has 0 bridgehead atoms. The second kappa shape index (κ2) is 6.25. The molecule has 0 amide bonds. The second-order valence-corrected chi connectivity index (χ2v) is 5.65. The Labute approximate surface area is 122 Å². The summed E-state index contributed by atoms with van der Waals surface area (Å²) in [5, 5.41) is 2.61. The van der Waals surface area contributed by atoms with E-state index in [0.717, 1.165) is 16.3 Å². The molecular weight excluding hydrogens is 333 g/mol. The van der Waals surface area contributed by atoms with Crippen molar-refractivity contribution in [2.75, 3.05) is 7.11 Å². The highest BCUT2D eigenvalue weighted by Crippen LogP contribution is 2.27. The Bertz CT molecular complexity index is 580. The van der Waals surface area contributed by atoms with E-state index in [1.165, 1.54) is 30.6 Å². The number of halogens is 2. The maximum Gasteiger partial charge on any atom is 0.305 e. The molecule has 0 atom stereocenters. The van der Waals surface area contributed by atoms with Crippen molar-refractivity contribution >= 4 is 33.2 Å². The third-order valence-corrected chi connectivity index (χ3v) is 3.87. The molecule has 0 unspecified atom stereocenters. The van der Waals surface area contributed by atoms with E-state index in [1.54, 1.807) is 0 Å². The minimum Gasteiger partial charge on any atom is -0.469 e. The van der Waals surface area contributed by atoms with Crippen LogP contribution < -0.4 is 0 Å². The van der Waals surface area contributed by atoms with Gasteiger partial charge in [0.05, 0.1) is 19.2 Å². The number of rotatable bonds is 4. The summed E-state index contributed by atoms with van der Waals surface area (Å²) < 4.78 is 18.6. The van der Waals surface area contributed by atoms with Crippen LogP contribution in [0.5, 0.6) is 0 Å². The largest absolute Gasteiger partial charge is 0.469 e. The Morgan fingerprint density at radius 2 is 2.26 bits per heavy atom. The van der Waals surface area contributed by atoms with Crippen LogP contribution in [0, 0.1) is 5.82 Å². The lowest BCUT2D eigenvalue weighted by atomic mass is 10.2. The average molecular weight is 344 g/mol. The molecule has 0 aliphatic carbocycles. The van der Waals surface area contributed by atoms with E-state index in [2.05, 4.69) is 25.7 Å². The molecule has 0 radical (unpaired) electrons. The molecule has 0 aliphatic heterocycles. The summed E-state index contributed by atoms with van der Waals surface area (Å²) >= 11 is 4.68. The Kier molecular flexibility index (Phi) is 4.66. The second-order valence-electron chi connectivity index (χ2n) is 3.88. The van der Waals surface area contributed by atoms with Gasteiger partial charge in [0.2, 0.25) is 0 Å². The summed E-state index contributed by atoms with van der Waals surface area (Å²) in [5.74, 6) is -0.571. The number of hydrogen-bond donors (Lipinski definition) is 0. The van der Waals surface area contributed by atoms with Crippen LogP contribution in [0.3, 0.4) is 0 Å². The first kappa shape index (κ1) is 14.1. The van der Waals surface area contributed by atoms with Gasteiger partial charge in [-0.25, -0.2) is 9.37 Å². The molecule has 0 N–H and O–H groups in total. The number of aromatic nitrogens is 1. The highest BCUT2D eigenvalue weighted by atomic mass is 79.9. The SMILES string of the molecule is COC(=O)CCc1csc(-c2cc(F)cc(Br)c2)n1. The zero-order valence-corrected chi connectivity index (χ0v) is 12.6. The number of ether oxygens (including phenoxy) is 1. The predicted molar refractivity (Wildman–Crippen MR) is 75.5 cm³/mol. The van der Waals surface area contributed by atoms with Crippen molar-refractivity contribution in [3.8, 4) is 10.6 Å². The van der Waals surface area contributed by atoms with Crippen LogP contribution >= 0.6 is 27.3 Å². The van der Waals surface area contributed by atoms with Gasteiger partial charge in [-0.3, -0.25) is 4.79 Å². The summed E-state index contributed by atoms with van der Waals surface area (Å²) in [6.07, 6.45) is 0.826. The number of nitrogens with zero attached hydrogens (tertiary/aromatic N) is 1. The van der Waals surface area contributed by atoms with Crippen molar-refractivity contribution in [3.63, 3.8) is 0 Å². The molecule has 2 rings (SSSR count). The van der Waals surface area contributed by atoms with Crippen LogP contribution in [0.1, 0.15) is 12.1 Å². The van der Waals surface area contributed by atoms with E-state index in [1.807, 2.05) is 11.4 Å². The molecule has 100 valence electrons. The molecule has 2 aromatic rings. The molecule has 1 aromatic carbocycles. The van der Waals surface area contributed by atoms with Gasteiger partial charge in [-0.15, -0.1) is 11.3 Å². The molecule has 6 heteroatoms. The number of carbonyl (C=O) groups excluding carboxylic acids is 1. The van der Waals surface area contributed by atoms with Crippen LogP contribution in [0.4, 0.5) is 4.39 Å². The summed E-state index contributed by atoms with van der Waals surface area (Å²) in [6.45, 7) is 0. The first-order valence-corrected chi connectivity index (χ1v) is 7.23. The van der Waals surface area contributed by atoms with Crippen molar-refractivity contribution in [1.82, 2.24) is 4.98 Å². The first-order valence-electron chi connectivity index (χ1n) is 5.56. The van der Waals surface area contributed by atoms with Gasteiger partial charge in [0.15, 0.2) is 0 Å². The Morgan fingerprint density at radius 1 is 1.47 bits per heavy atom. The van der Waals surface area contributed by atoms with E-state index in [-0.39, 0.29) is 11.8 Å². The van der Waals surface area contributed by atoms with E-state index in [4.69, 9.17) is 0 Å². The fourth-order valence-electron chi connectivity index (χ4n) is 1.56. The van der Waals surface area contributed by atoms with Gasteiger partial charge in [-0.1, -0.05) is 15.9 Å². The van der Waals surface area contributed by atoms with Gasteiger partial charge in [0, 0.05) is 21.8 Å². The first-order chi connectivity index (χ1) is 9.08. The maximum atomic E-state index is 13.3. The quantitative estimate of drug-likeness (QED) is 0.792. The number of thiazole rings is 1. The normalized spacial score (nSPS) is 10.5. The molecule has 0 saturated heterocycles. The fraction of sp³-hybridized carbons (Fsp3) is 0.231. The lowest BCUT2D eigenvalue weighted by Crippen LogP contribution is -2.01. The Hall–Kier alpha value is -1.27. The van der Waals surface area contributed by atoms with Gasteiger partial charge in [0.1, 0.15) is 10.8 Å². The van der Waals surface area contributed by atoms with Gasteiger partial charge >= 0.3 is 5.97 Å². The number of hydrogen-bond acceptors (Lipinski definition) is 4. The van der Waals surface area contributed by atoms with Crippen LogP contribution in [0.2, 0.25) is 0 Å². The summed E-state index contributed by atoms with van der Waals surface area (Å²) in [6, 6.07) is 4.65. The number of methoxy groups -OCH3 is 1.